The first kappa shape index (κ1) is 17.6. The highest BCUT2D eigenvalue weighted by atomic mass is 35.5. The van der Waals surface area contributed by atoms with Crippen LogP contribution in [0.3, 0.4) is 0 Å². The van der Waals surface area contributed by atoms with Crippen molar-refractivity contribution in [3.05, 3.63) is 50.8 Å². The second kappa shape index (κ2) is 7.35. The number of hydrogen-bond donors (Lipinski definition) is 1. The molecule has 0 aliphatic carbocycles. The molecule has 0 bridgehead atoms. The number of rotatable bonds is 3. The number of fused-ring (bicyclic) bond motifs is 1. The smallest absolute Gasteiger partial charge is 0.362 e. The summed E-state index contributed by atoms with van der Waals surface area (Å²) in [4.78, 5) is 20.7. The van der Waals surface area contributed by atoms with Gasteiger partial charge in [-0.3, -0.25) is 4.99 Å². The minimum Gasteiger partial charge on any atom is -0.464 e. The SMILES string of the molecule is COC(=O)/C(=N\O)C1=Nc2sc(Cl)cc2C(c2ccccc2Cl)=NC1. The lowest BCUT2D eigenvalue weighted by atomic mass is 10.0. The Morgan fingerprint density at radius 2 is 2.08 bits per heavy atom. The van der Waals surface area contributed by atoms with Crippen molar-refractivity contribution in [3.8, 4) is 0 Å². The Balaban J connectivity index is 2.15. The first-order chi connectivity index (χ1) is 12.0. The molecule has 0 atom stereocenters. The summed E-state index contributed by atoms with van der Waals surface area (Å²) in [6, 6.07) is 9.00. The summed E-state index contributed by atoms with van der Waals surface area (Å²) < 4.78 is 5.13. The van der Waals surface area contributed by atoms with E-state index in [2.05, 4.69) is 19.9 Å². The number of hydrogen-bond acceptors (Lipinski definition) is 7. The van der Waals surface area contributed by atoms with Crippen molar-refractivity contribution in [2.24, 2.45) is 15.1 Å². The Morgan fingerprint density at radius 3 is 2.76 bits per heavy atom. The van der Waals surface area contributed by atoms with Crippen LogP contribution >= 0.6 is 34.5 Å². The molecule has 1 aromatic heterocycles. The van der Waals surface area contributed by atoms with Crippen molar-refractivity contribution >= 4 is 62.6 Å². The Morgan fingerprint density at radius 1 is 1.32 bits per heavy atom. The van der Waals surface area contributed by atoms with E-state index in [9.17, 15) is 4.79 Å². The van der Waals surface area contributed by atoms with Gasteiger partial charge in [-0.05, 0) is 12.1 Å². The number of thiophene rings is 1. The van der Waals surface area contributed by atoms with Crippen LogP contribution < -0.4 is 0 Å². The minimum atomic E-state index is -0.804. The molecule has 1 aromatic carbocycles. The van der Waals surface area contributed by atoms with Crippen LogP contribution in [-0.4, -0.2) is 42.0 Å². The molecule has 0 unspecified atom stereocenters. The van der Waals surface area contributed by atoms with Gasteiger partial charge in [-0.25, -0.2) is 9.79 Å². The predicted octanol–water partition coefficient (Wildman–Crippen LogP) is 3.98. The minimum absolute atomic E-state index is 0.0219. The van der Waals surface area contributed by atoms with E-state index in [-0.39, 0.29) is 18.0 Å². The van der Waals surface area contributed by atoms with E-state index in [1.54, 1.807) is 12.1 Å². The third-order valence-electron chi connectivity index (χ3n) is 3.44. The topological polar surface area (TPSA) is 83.6 Å². The van der Waals surface area contributed by atoms with Gasteiger partial charge in [-0.2, -0.15) is 0 Å². The first-order valence-electron chi connectivity index (χ1n) is 7.02. The van der Waals surface area contributed by atoms with Gasteiger partial charge in [0.05, 0.1) is 23.7 Å². The van der Waals surface area contributed by atoms with Crippen molar-refractivity contribution < 1.29 is 14.7 Å². The van der Waals surface area contributed by atoms with Gasteiger partial charge in [0.25, 0.3) is 0 Å². The van der Waals surface area contributed by atoms with E-state index in [0.29, 0.717) is 25.6 Å². The molecule has 0 saturated heterocycles. The summed E-state index contributed by atoms with van der Waals surface area (Å²) in [6.07, 6.45) is 0. The second-order valence-electron chi connectivity index (χ2n) is 4.91. The molecule has 25 heavy (non-hydrogen) atoms. The third kappa shape index (κ3) is 3.44. The van der Waals surface area contributed by atoms with Crippen LogP contribution in [0.25, 0.3) is 0 Å². The number of aliphatic imine (C=N–C) groups is 2. The van der Waals surface area contributed by atoms with Crippen molar-refractivity contribution in [2.45, 2.75) is 0 Å². The number of nitrogens with zero attached hydrogens (tertiary/aromatic N) is 3. The zero-order valence-corrected chi connectivity index (χ0v) is 15.2. The third-order valence-corrected chi connectivity index (χ3v) is 4.93. The summed E-state index contributed by atoms with van der Waals surface area (Å²) in [5, 5.41) is 13.2. The van der Waals surface area contributed by atoms with Gasteiger partial charge < -0.3 is 9.94 Å². The zero-order valence-electron chi connectivity index (χ0n) is 12.9. The predicted molar refractivity (Wildman–Crippen MR) is 99.6 cm³/mol. The summed E-state index contributed by atoms with van der Waals surface area (Å²) in [7, 11) is 1.19. The fourth-order valence-electron chi connectivity index (χ4n) is 2.33. The number of oxime groups is 1. The Hall–Kier alpha value is -2.22. The molecule has 0 amide bonds. The van der Waals surface area contributed by atoms with E-state index in [1.165, 1.54) is 18.4 Å². The number of halogens is 2. The molecule has 2 heterocycles. The van der Waals surface area contributed by atoms with Gasteiger partial charge in [0.2, 0.25) is 5.71 Å². The average molecular weight is 396 g/mol. The molecule has 1 aliphatic rings. The number of carbonyl (C=O) groups is 1. The van der Waals surface area contributed by atoms with Crippen LogP contribution in [0.4, 0.5) is 5.00 Å². The molecular formula is C16H11Cl2N3O3S. The molecule has 0 spiro atoms. The number of methoxy groups -OCH3 is 1. The molecule has 1 N–H and O–H groups in total. The molecule has 1 aliphatic heterocycles. The molecule has 2 aromatic rings. The van der Waals surface area contributed by atoms with Crippen LogP contribution in [0.5, 0.6) is 0 Å². The number of esters is 1. The molecule has 0 fully saturated rings. The highest BCUT2D eigenvalue weighted by Crippen LogP contribution is 2.38. The second-order valence-corrected chi connectivity index (χ2v) is 6.98. The van der Waals surface area contributed by atoms with Crippen LogP contribution in [0.15, 0.2) is 45.5 Å². The average Bonchev–Trinajstić information content (AvgIpc) is 2.88. The molecule has 128 valence electrons. The fraction of sp³-hybridized carbons (Fsp3) is 0.125. The normalized spacial score (nSPS) is 14.3. The molecule has 0 radical (unpaired) electrons. The summed E-state index contributed by atoms with van der Waals surface area (Å²) in [6.45, 7) is 0.0219. The Kier molecular flexibility index (Phi) is 5.17. The standard InChI is InChI=1S/C16H11Cl2N3O3S/c1-24-16(22)14(21-23)11-7-19-13(8-4-2-3-5-10(8)17)9-6-12(18)25-15(9)20-11/h2-6,23H,7H2,1H3/b21-14-. The van der Waals surface area contributed by atoms with Gasteiger partial charge in [-0.15, -0.1) is 11.3 Å². The Labute approximate surface area is 157 Å². The van der Waals surface area contributed by atoms with Gasteiger partial charge in [0, 0.05) is 16.1 Å². The van der Waals surface area contributed by atoms with E-state index in [1.807, 2.05) is 18.2 Å². The monoisotopic (exact) mass is 395 g/mol. The van der Waals surface area contributed by atoms with Crippen LogP contribution in [0.1, 0.15) is 11.1 Å². The van der Waals surface area contributed by atoms with E-state index >= 15 is 0 Å². The zero-order chi connectivity index (χ0) is 18.0. The maximum absolute atomic E-state index is 11.8. The van der Waals surface area contributed by atoms with Gasteiger partial charge >= 0.3 is 5.97 Å². The summed E-state index contributed by atoms with van der Waals surface area (Å²) in [5.74, 6) is -0.804. The van der Waals surface area contributed by atoms with Crippen LogP contribution in [0.2, 0.25) is 9.36 Å². The lowest BCUT2D eigenvalue weighted by Crippen LogP contribution is -2.27. The Bertz CT molecular complexity index is 934. The van der Waals surface area contributed by atoms with E-state index in [4.69, 9.17) is 28.4 Å². The summed E-state index contributed by atoms with van der Waals surface area (Å²) in [5.41, 5.74) is 1.89. The maximum atomic E-state index is 11.8. The van der Waals surface area contributed by atoms with Crippen LogP contribution in [-0.2, 0) is 9.53 Å². The molecule has 3 rings (SSSR count). The largest absolute Gasteiger partial charge is 0.464 e. The molecule has 9 heteroatoms. The van der Waals surface area contributed by atoms with Gasteiger partial charge in [-0.1, -0.05) is 46.6 Å². The van der Waals surface area contributed by atoms with Crippen molar-refractivity contribution in [1.82, 2.24) is 0 Å². The van der Waals surface area contributed by atoms with Crippen molar-refractivity contribution in [1.29, 1.82) is 0 Å². The maximum Gasteiger partial charge on any atom is 0.362 e. The van der Waals surface area contributed by atoms with Crippen molar-refractivity contribution in [3.63, 3.8) is 0 Å². The van der Waals surface area contributed by atoms with Gasteiger partial charge in [0.1, 0.15) is 10.7 Å². The summed E-state index contributed by atoms with van der Waals surface area (Å²) >= 11 is 13.7. The highest BCUT2D eigenvalue weighted by Gasteiger charge is 2.26. The molecule has 0 saturated carbocycles. The quantitative estimate of drug-likeness (QED) is 0.369. The van der Waals surface area contributed by atoms with Gasteiger partial charge in [0.15, 0.2) is 0 Å². The van der Waals surface area contributed by atoms with Crippen LogP contribution in [0, 0.1) is 0 Å². The van der Waals surface area contributed by atoms with E-state index < -0.39 is 5.97 Å². The molecular weight excluding hydrogens is 385 g/mol. The lowest BCUT2D eigenvalue weighted by molar-refractivity contribution is -0.132. The van der Waals surface area contributed by atoms with E-state index in [0.717, 1.165) is 5.56 Å². The number of carbonyl (C=O) groups excluding carboxylic acids is 1. The number of benzene rings is 1. The lowest BCUT2D eigenvalue weighted by Gasteiger charge is -2.07. The number of ether oxygens (including phenoxy) is 1. The first-order valence-corrected chi connectivity index (χ1v) is 8.59. The van der Waals surface area contributed by atoms with Crippen molar-refractivity contribution in [2.75, 3.05) is 13.7 Å². The fourth-order valence-corrected chi connectivity index (χ4v) is 3.66. The molecule has 6 nitrogen and oxygen atoms in total. The highest BCUT2D eigenvalue weighted by molar-refractivity contribution is 7.20.